The van der Waals surface area contributed by atoms with E-state index in [9.17, 15) is 0 Å². The van der Waals surface area contributed by atoms with Crippen LogP contribution in [0.3, 0.4) is 0 Å². The van der Waals surface area contributed by atoms with Crippen molar-refractivity contribution in [1.82, 2.24) is 0 Å². The van der Waals surface area contributed by atoms with Crippen LogP contribution >= 0.6 is 0 Å². The fourth-order valence-corrected chi connectivity index (χ4v) is 9.50. The Kier molecular flexibility index (Phi) is 18.1. The smallest absolute Gasteiger partial charge is 0.489 e. The molecule has 0 N–H and O–H groups in total. The highest BCUT2D eigenvalue weighted by Crippen LogP contribution is 2.31. The summed E-state index contributed by atoms with van der Waals surface area (Å²) >= 11 is 0. The summed E-state index contributed by atoms with van der Waals surface area (Å²) in [5.41, 5.74) is 7.17. The highest BCUT2D eigenvalue weighted by Gasteiger charge is 2.38. The number of benzene rings is 7. The predicted molar refractivity (Wildman–Crippen MR) is 268 cm³/mol. The first-order chi connectivity index (χ1) is 33.2. The second-order valence-electron chi connectivity index (χ2n) is 17.3. The number of rotatable bonds is 27. The highest BCUT2D eigenvalue weighted by atomic mass is 28.4. The maximum Gasteiger partial charge on any atom is 0.500 e. The third kappa shape index (κ3) is 15.8. The number of quaternary nitrogens is 1. The molecule has 0 spiro atoms. The van der Waals surface area contributed by atoms with Crippen molar-refractivity contribution in [2.75, 3.05) is 42.0 Å². The van der Waals surface area contributed by atoms with Gasteiger partial charge < -0.3 is 46.2 Å². The molecule has 0 aliphatic rings. The third-order valence-electron chi connectivity index (χ3n) is 11.4. The molecule has 0 saturated heterocycles. The molecule has 0 fully saturated rings. The number of nitrogens with zero attached hydrogens (tertiary/aromatic N) is 1. The van der Waals surface area contributed by atoms with Gasteiger partial charge in [0.25, 0.3) is 0 Å². The minimum atomic E-state index is -2.71. The molecule has 0 aliphatic carbocycles. The molecule has 0 bridgehead atoms. The maximum atomic E-state index is 6.65. The second-order valence-corrected chi connectivity index (χ2v) is 20.4. The van der Waals surface area contributed by atoms with Gasteiger partial charge in [-0.25, -0.2) is 0 Å². The molecule has 0 amide bonds. The van der Waals surface area contributed by atoms with E-state index >= 15 is 0 Å². The van der Waals surface area contributed by atoms with Crippen LogP contribution in [-0.2, 0) is 59.5 Å². The van der Waals surface area contributed by atoms with Gasteiger partial charge in [-0.05, 0) is 69.8 Å². The Hall–Kier alpha value is -6.60. The monoisotopic (exact) mass is 934 g/mol. The van der Waals surface area contributed by atoms with Gasteiger partial charge in [0.15, 0.2) is 0 Å². The summed E-state index contributed by atoms with van der Waals surface area (Å²) in [5, 5.41) is 0. The van der Waals surface area contributed by atoms with E-state index in [1.807, 2.05) is 115 Å². The lowest BCUT2D eigenvalue weighted by Crippen LogP contribution is -2.45. The van der Waals surface area contributed by atoms with Gasteiger partial charge in [-0.15, -0.1) is 0 Å². The summed E-state index contributed by atoms with van der Waals surface area (Å²) in [6.45, 7) is 3.83. The summed E-state index contributed by atoms with van der Waals surface area (Å²) in [4.78, 5) is 0. The van der Waals surface area contributed by atoms with E-state index in [1.165, 1.54) is 0 Å². The topological polar surface area (TPSA) is 83.1 Å². The van der Waals surface area contributed by atoms with E-state index in [2.05, 4.69) is 74.8 Å². The van der Waals surface area contributed by atoms with Crippen molar-refractivity contribution in [3.8, 4) is 34.5 Å². The molecule has 0 aromatic heterocycles. The van der Waals surface area contributed by atoms with E-state index in [0.717, 1.165) is 58.5 Å². The number of hydrogen-bond donors (Lipinski definition) is 0. The fraction of sp³-hybridized carbons (Fsp3) is 0.263. The van der Waals surface area contributed by atoms with Gasteiger partial charge in [0.1, 0.15) is 80.7 Å². The minimum absolute atomic E-state index is 0.270. The molecule has 7 aromatic carbocycles. The predicted octanol–water partition coefficient (Wildman–Crippen LogP) is 12.0. The molecular weight excluding hydrogens is 871 g/mol. The molecule has 0 aliphatic heterocycles. The van der Waals surface area contributed by atoms with Crippen LogP contribution < -0.4 is 28.4 Å². The van der Waals surface area contributed by atoms with Gasteiger partial charge >= 0.3 is 8.80 Å². The van der Waals surface area contributed by atoms with Gasteiger partial charge in [-0.2, -0.15) is 0 Å². The van der Waals surface area contributed by atoms with Crippen LogP contribution in [0.1, 0.15) is 45.4 Å². The molecule has 354 valence electrons. The summed E-state index contributed by atoms with van der Waals surface area (Å²) in [6, 6.07) is 59.2. The molecule has 10 nitrogen and oxygen atoms in total. The van der Waals surface area contributed by atoms with Crippen molar-refractivity contribution in [1.29, 1.82) is 0 Å². The average molecular weight is 935 g/mol. The Bertz CT molecular complexity index is 2290. The highest BCUT2D eigenvalue weighted by molar-refractivity contribution is 6.60. The summed E-state index contributed by atoms with van der Waals surface area (Å²) < 4.78 is 56.4. The molecule has 0 atom stereocenters. The lowest BCUT2D eigenvalue weighted by Gasteiger charge is -2.31. The fourth-order valence-electron chi connectivity index (χ4n) is 7.80. The standard InChI is InChI=1S/C57H64NO9Si/c1-58(2,27-18-28-68(59-3,60-4)61-5)38-49-29-52(66-43-50-31-54(62-39-45-19-10-6-11-20-45)36-55(32-50)63-40-46-21-12-7-13-22-46)35-53(30-49)67-44-51-33-56(64-41-47-23-14-8-15-24-47)37-57(34-51)65-42-48-25-16-9-17-26-48/h6-17,19-26,29-37H,18,27-28,38-44H2,1-5H3/q+1. The largest absolute Gasteiger partial charge is 0.500 e. The van der Waals surface area contributed by atoms with E-state index in [0.29, 0.717) is 71.5 Å². The van der Waals surface area contributed by atoms with Gasteiger partial charge in [-0.3, -0.25) is 0 Å². The van der Waals surface area contributed by atoms with Gasteiger partial charge in [0, 0.05) is 57.6 Å². The summed E-state index contributed by atoms with van der Waals surface area (Å²) in [7, 11) is 6.71. The Balaban J connectivity index is 1.12. The SMILES string of the molecule is CO[Si](CCC[N+](C)(C)Cc1cc(OCc2cc(OCc3ccccc3)cc(OCc3ccccc3)c2)cc(OCc2cc(OCc3ccccc3)cc(OCc3ccccc3)c2)c1)(OC)OC. The zero-order valence-electron chi connectivity index (χ0n) is 39.9. The molecule has 7 rings (SSSR count). The quantitative estimate of drug-likeness (QED) is 0.0370. The van der Waals surface area contributed by atoms with Crippen LogP contribution in [0.5, 0.6) is 34.5 Å². The Morgan fingerprint density at radius 3 is 0.882 bits per heavy atom. The summed E-state index contributed by atoms with van der Waals surface area (Å²) in [5.74, 6) is 4.13. The number of ether oxygens (including phenoxy) is 6. The van der Waals surface area contributed by atoms with Crippen LogP contribution in [-0.4, -0.2) is 55.3 Å². The van der Waals surface area contributed by atoms with E-state index in [4.69, 9.17) is 41.7 Å². The molecule has 11 heteroatoms. The van der Waals surface area contributed by atoms with Crippen molar-refractivity contribution in [3.63, 3.8) is 0 Å². The van der Waals surface area contributed by atoms with Crippen LogP contribution in [0.15, 0.2) is 176 Å². The van der Waals surface area contributed by atoms with Gasteiger partial charge in [-0.1, -0.05) is 121 Å². The Morgan fingerprint density at radius 1 is 0.338 bits per heavy atom. The van der Waals surface area contributed by atoms with Crippen molar-refractivity contribution in [2.24, 2.45) is 0 Å². The first-order valence-corrected chi connectivity index (χ1v) is 24.9. The molecule has 0 unspecified atom stereocenters. The zero-order chi connectivity index (χ0) is 47.4. The van der Waals surface area contributed by atoms with Crippen LogP contribution in [0.25, 0.3) is 0 Å². The molecular formula is C57H64NO9Si+. The average Bonchev–Trinajstić information content (AvgIpc) is 3.37. The normalized spacial score (nSPS) is 11.5. The molecule has 0 radical (unpaired) electrons. The van der Waals surface area contributed by atoms with Gasteiger partial charge in [0.05, 0.1) is 20.6 Å². The van der Waals surface area contributed by atoms with Crippen molar-refractivity contribution in [2.45, 2.75) is 58.7 Å². The third-order valence-corrected chi connectivity index (χ3v) is 14.2. The van der Waals surface area contributed by atoms with E-state index in [1.54, 1.807) is 21.3 Å². The van der Waals surface area contributed by atoms with Crippen LogP contribution in [0, 0.1) is 0 Å². The molecule has 68 heavy (non-hydrogen) atoms. The molecule has 0 heterocycles. The first-order valence-electron chi connectivity index (χ1n) is 23.0. The van der Waals surface area contributed by atoms with Crippen molar-refractivity contribution in [3.05, 3.63) is 215 Å². The van der Waals surface area contributed by atoms with E-state index in [-0.39, 0.29) is 13.2 Å². The van der Waals surface area contributed by atoms with Crippen molar-refractivity contribution < 1.29 is 46.2 Å². The van der Waals surface area contributed by atoms with Crippen LogP contribution in [0.4, 0.5) is 0 Å². The van der Waals surface area contributed by atoms with E-state index < -0.39 is 8.80 Å². The number of hydrogen-bond acceptors (Lipinski definition) is 9. The first kappa shape index (κ1) is 49.3. The second kappa shape index (κ2) is 25.0. The maximum absolute atomic E-state index is 6.65. The molecule has 0 saturated carbocycles. The Labute approximate surface area is 403 Å². The minimum Gasteiger partial charge on any atom is -0.489 e. The van der Waals surface area contributed by atoms with Crippen LogP contribution in [0.2, 0.25) is 6.04 Å². The van der Waals surface area contributed by atoms with Gasteiger partial charge in [0.2, 0.25) is 0 Å². The summed E-state index contributed by atoms with van der Waals surface area (Å²) in [6.07, 6.45) is 0.864. The zero-order valence-corrected chi connectivity index (χ0v) is 40.9. The lowest BCUT2D eigenvalue weighted by molar-refractivity contribution is -0.903. The Morgan fingerprint density at radius 2 is 0.603 bits per heavy atom. The lowest BCUT2D eigenvalue weighted by atomic mass is 10.1. The molecule has 7 aromatic rings. The van der Waals surface area contributed by atoms with Crippen molar-refractivity contribution >= 4 is 8.80 Å².